The van der Waals surface area contributed by atoms with Crippen molar-refractivity contribution in [3.8, 4) is 0 Å². The van der Waals surface area contributed by atoms with Gasteiger partial charge >= 0.3 is 0 Å². The molecule has 1 aromatic carbocycles. The molecule has 5 nitrogen and oxygen atoms in total. The Balaban J connectivity index is 1.85. The van der Waals surface area contributed by atoms with Crippen LogP contribution in [0.15, 0.2) is 29.3 Å². The molecule has 126 valence electrons. The molecule has 1 aliphatic rings. The Hall–Kier alpha value is -2.04. The summed E-state index contributed by atoms with van der Waals surface area (Å²) in [5, 5.41) is 6.43. The molecule has 1 aliphatic heterocycles. The first-order valence-corrected chi connectivity index (χ1v) is 8.33. The minimum atomic E-state index is 0.111. The lowest BCUT2D eigenvalue weighted by molar-refractivity contribution is -0.130. The maximum atomic E-state index is 12.4. The average molecular weight is 316 g/mol. The van der Waals surface area contributed by atoms with E-state index in [0.29, 0.717) is 24.5 Å². The van der Waals surface area contributed by atoms with Gasteiger partial charge in [0.15, 0.2) is 5.96 Å². The Morgan fingerprint density at radius 2 is 1.96 bits per heavy atom. The number of rotatable bonds is 4. The predicted molar refractivity (Wildman–Crippen MR) is 94.4 cm³/mol. The Morgan fingerprint density at radius 1 is 1.26 bits per heavy atom. The fraction of sp³-hybridized carbons (Fsp3) is 0.556. The monoisotopic (exact) mass is 316 g/mol. The van der Waals surface area contributed by atoms with E-state index < -0.39 is 0 Å². The summed E-state index contributed by atoms with van der Waals surface area (Å²) in [6.45, 7) is 8.17. The zero-order valence-corrected chi connectivity index (χ0v) is 14.6. The summed E-state index contributed by atoms with van der Waals surface area (Å²) in [5.41, 5.74) is 2.61. The smallest absolute Gasteiger partial charge is 0.242 e. The highest BCUT2D eigenvalue weighted by atomic mass is 16.2. The van der Waals surface area contributed by atoms with E-state index in [9.17, 15) is 4.79 Å². The maximum Gasteiger partial charge on any atom is 0.242 e. The number of guanidine groups is 1. The van der Waals surface area contributed by atoms with Crippen LogP contribution in [-0.2, 0) is 17.8 Å². The Bertz CT molecular complexity index is 568. The third-order valence-electron chi connectivity index (χ3n) is 4.48. The third-order valence-corrected chi connectivity index (χ3v) is 4.48. The molecule has 0 saturated heterocycles. The molecule has 23 heavy (non-hydrogen) atoms. The van der Waals surface area contributed by atoms with E-state index >= 15 is 0 Å². The SMILES string of the molecule is CN=C(NCC(=O)N1CCc2ccccc2C1)NC(C)C(C)C. The van der Waals surface area contributed by atoms with Crippen LogP contribution in [0.25, 0.3) is 0 Å². The Labute approximate surface area is 139 Å². The van der Waals surface area contributed by atoms with Gasteiger partial charge in [-0.05, 0) is 30.4 Å². The number of carbonyl (C=O) groups is 1. The molecular weight excluding hydrogens is 288 g/mol. The minimum Gasteiger partial charge on any atom is -0.354 e. The van der Waals surface area contributed by atoms with Crippen LogP contribution in [0.4, 0.5) is 0 Å². The van der Waals surface area contributed by atoms with E-state index in [-0.39, 0.29) is 12.5 Å². The molecule has 0 aromatic heterocycles. The number of carbonyl (C=O) groups excluding carboxylic acids is 1. The largest absolute Gasteiger partial charge is 0.354 e. The zero-order chi connectivity index (χ0) is 16.8. The van der Waals surface area contributed by atoms with Crippen LogP contribution in [0.1, 0.15) is 31.9 Å². The van der Waals surface area contributed by atoms with Crippen molar-refractivity contribution in [3.63, 3.8) is 0 Å². The van der Waals surface area contributed by atoms with Gasteiger partial charge in [0.25, 0.3) is 0 Å². The topological polar surface area (TPSA) is 56.7 Å². The lowest BCUT2D eigenvalue weighted by atomic mass is 10.00. The molecular formula is C18H28N4O. The molecule has 2 N–H and O–H groups in total. The zero-order valence-electron chi connectivity index (χ0n) is 14.6. The fourth-order valence-corrected chi connectivity index (χ4v) is 2.56. The molecule has 1 aromatic rings. The second-order valence-electron chi connectivity index (χ2n) is 6.44. The van der Waals surface area contributed by atoms with Crippen molar-refractivity contribution in [2.75, 3.05) is 20.1 Å². The Kier molecular flexibility index (Phi) is 6.02. The summed E-state index contributed by atoms with van der Waals surface area (Å²) in [6.07, 6.45) is 0.930. The molecule has 0 radical (unpaired) electrons. The van der Waals surface area contributed by atoms with Crippen LogP contribution in [0.2, 0.25) is 0 Å². The van der Waals surface area contributed by atoms with Crippen molar-refractivity contribution in [1.82, 2.24) is 15.5 Å². The number of aliphatic imine (C=N–C) groups is 1. The van der Waals surface area contributed by atoms with Crippen LogP contribution >= 0.6 is 0 Å². The number of benzene rings is 1. The van der Waals surface area contributed by atoms with E-state index in [4.69, 9.17) is 0 Å². The Morgan fingerprint density at radius 3 is 2.61 bits per heavy atom. The van der Waals surface area contributed by atoms with Crippen molar-refractivity contribution in [1.29, 1.82) is 0 Å². The molecule has 5 heteroatoms. The van der Waals surface area contributed by atoms with Gasteiger partial charge in [0.05, 0.1) is 6.54 Å². The summed E-state index contributed by atoms with van der Waals surface area (Å²) < 4.78 is 0. The normalized spacial score (nSPS) is 16.0. The first kappa shape index (κ1) is 17.3. The average Bonchev–Trinajstić information content (AvgIpc) is 2.57. The number of nitrogens with zero attached hydrogens (tertiary/aromatic N) is 2. The quantitative estimate of drug-likeness (QED) is 0.658. The highest BCUT2D eigenvalue weighted by molar-refractivity contribution is 5.86. The van der Waals surface area contributed by atoms with E-state index in [2.05, 4.69) is 54.6 Å². The fourth-order valence-electron chi connectivity index (χ4n) is 2.56. The molecule has 1 amide bonds. The van der Waals surface area contributed by atoms with Crippen LogP contribution in [-0.4, -0.2) is 42.9 Å². The highest BCUT2D eigenvalue weighted by Gasteiger charge is 2.20. The van der Waals surface area contributed by atoms with Gasteiger partial charge in [0, 0.05) is 26.2 Å². The molecule has 0 saturated carbocycles. The van der Waals surface area contributed by atoms with E-state index in [1.807, 2.05) is 11.0 Å². The molecule has 0 fully saturated rings. The molecule has 2 rings (SSSR count). The van der Waals surface area contributed by atoms with Gasteiger partial charge in [-0.25, -0.2) is 0 Å². The maximum absolute atomic E-state index is 12.4. The number of nitrogens with one attached hydrogen (secondary N) is 2. The first-order chi connectivity index (χ1) is 11.0. The second-order valence-corrected chi connectivity index (χ2v) is 6.44. The van der Waals surface area contributed by atoms with Gasteiger partial charge in [0.1, 0.15) is 0 Å². The van der Waals surface area contributed by atoms with Gasteiger partial charge in [-0.3, -0.25) is 9.79 Å². The van der Waals surface area contributed by atoms with Crippen molar-refractivity contribution in [3.05, 3.63) is 35.4 Å². The highest BCUT2D eigenvalue weighted by Crippen LogP contribution is 2.18. The second kappa shape index (κ2) is 7.99. The molecule has 1 heterocycles. The lowest BCUT2D eigenvalue weighted by Gasteiger charge is -2.29. The number of fused-ring (bicyclic) bond motifs is 1. The summed E-state index contributed by atoms with van der Waals surface area (Å²) >= 11 is 0. The molecule has 0 aliphatic carbocycles. The molecule has 0 spiro atoms. The van der Waals surface area contributed by atoms with Crippen LogP contribution < -0.4 is 10.6 Å². The standard InChI is InChI=1S/C18H28N4O/c1-13(2)14(3)21-18(19-4)20-11-17(23)22-10-9-15-7-5-6-8-16(15)12-22/h5-8,13-14H,9-12H2,1-4H3,(H2,19,20,21). The molecule has 0 bridgehead atoms. The van der Waals surface area contributed by atoms with Gasteiger partial charge < -0.3 is 15.5 Å². The van der Waals surface area contributed by atoms with Crippen LogP contribution in [0.3, 0.4) is 0 Å². The summed E-state index contributed by atoms with van der Waals surface area (Å²) in [5.74, 6) is 1.29. The number of hydrogen-bond acceptors (Lipinski definition) is 2. The first-order valence-electron chi connectivity index (χ1n) is 8.33. The van der Waals surface area contributed by atoms with Crippen molar-refractivity contribution in [2.24, 2.45) is 10.9 Å². The van der Waals surface area contributed by atoms with E-state index in [1.54, 1.807) is 7.05 Å². The molecule has 1 atom stereocenters. The van der Waals surface area contributed by atoms with Gasteiger partial charge in [-0.15, -0.1) is 0 Å². The van der Waals surface area contributed by atoms with Gasteiger partial charge in [0.2, 0.25) is 5.91 Å². The number of amides is 1. The van der Waals surface area contributed by atoms with Crippen LogP contribution in [0, 0.1) is 5.92 Å². The molecule has 1 unspecified atom stereocenters. The van der Waals surface area contributed by atoms with Crippen molar-refractivity contribution >= 4 is 11.9 Å². The number of hydrogen-bond donors (Lipinski definition) is 2. The predicted octanol–water partition coefficient (Wildman–Crippen LogP) is 1.78. The third kappa shape index (κ3) is 4.71. The van der Waals surface area contributed by atoms with Crippen LogP contribution in [0.5, 0.6) is 0 Å². The summed E-state index contributed by atoms with van der Waals surface area (Å²) in [4.78, 5) is 18.5. The van der Waals surface area contributed by atoms with E-state index in [1.165, 1.54) is 11.1 Å². The van der Waals surface area contributed by atoms with Gasteiger partial charge in [-0.2, -0.15) is 0 Å². The van der Waals surface area contributed by atoms with Crippen molar-refractivity contribution in [2.45, 2.75) is 39.8 Å². The summed E-state index contributed by atoms with van der Waals surface area (Å²) in [7, 11) is 1.73. The van der Waals surface area contributed by atoms with Crippen molar-refractivity contribution < 1.29 is 4.79 Å². The van der Waals surface area contributed by atoms with Gasteiger partial charge in [-0.1, -0.05) is 38.1 Å². The lowest BCUT2D eigenvalue weighted by Crippen LogP contribution is -2.48. The minimum absolute atomic E-state index is 0.111. The van der Waals surface area contributed by atoms with E-state index in [0.717, 1.165) is 13.0 Å². The summed E-state index contributed by atoms with van der Waals surface area (Å²) in [6, 6.07) is 8.65.